The number of nitrogens with one attached hydrogen (secondary N) is 1. The van der Waals surface area contributed by atoms with Gasteiger partial charge in [-0.2, -0.15) is 0 Å². The molecule has 232 valence electrons. The van der Waals surface area contributed by atoms with Crippen molar-refractivity contribution in [2.24, 2.45) is 0 Å². The second kappa shape index (κ2) is 12.1. The van der Waals surface area contributed by atoms with Crippen LogP contribution in [-0.4, -0.2) is 18.9 Å². The molecule has 1 N–H and O–H groups in total. The van der Waals surface area contributed by atoms with Crippen molar-refractivity contribution in [3.05, 3.63) is 168 Å². The third-order valence-electron chi connectivity index (χ3n) is 9.13. The molecule has 5 heteroatoms. The second-order valence-electron chi connectivity index (χ2n) is 12.1. The molecule has 0 saturated carbocycles. The number of hydrogen-bond acceptors (Lipinski definition) is 3. The van der Waals surface area contributed by atoms with Gasteiger partial charge in [0, 0.05) is 44.3 Å². The first-order valence-electron chi connectivity index (χ1n) is 16.3. The minimum Gasteiger partial charge on any atom is -0.687 e. The summed E-state index contributed by atoms with van der Waals surface area (Å²) in [5, 5.41) is 0. The minimum absolute atomic E-state index is 0.857. The molecule has 0 radical (unpaired) electrons. The molecule has 8 bridgehead atoms. The fraction of sp³-hybridized carbons (Fsp3) is 0. The molecule has 2 aliphatic rings. The molecule has 7 aromatic rings. The van der Waals surface area contributed by atoms with Crippen LogP contribution in [0.2, 0.25) is 0 Å². The van der Waals surface area contributed by atoms with Crippen molar-refractivity contribution in [3.8, 4) is 44.5 Å². The number of nitrogens with zero attached hydrogens (tertiary/aromatic N) is 3. The molecule has 0 saturated heterocycles. The van der Waals surface area contributed by atoms with Crippen molar-refractivity contribution in [2.75, 3.05) is 0 Å². The maximum absolute atomic E-state index is 6.31. The molecular weight excluding hydrogens is 617 g/mol. The molecular formula is C44H29N4S-. The predicted octanol–water partition coefficient (Wildman–Crippen LogP) is 11.1. The summed E-state index contributed by atoms with van der Waals surface area (Å²) in [5.41, 5.74) is 15.5. The van der Waals surface area contributed by atoms with Crippen LogP contribution in [0, 0.1) is 0 Å². The first kappa shape index (κ1) is 28.9. The van der Waals surface area contributed by atoms with Gasteiger partial charge in [0.15, 0.2) is 0 Å². The standard InChI is InChI=1S/C44H29N4S/c49-48-39-27-28-40(48)44(32-19-11-4-12-20-32)38-26-24-36(47-38)42(30-15-7-2-8-16-30)34-22-21-33(45-34)41(29-13-5-1-6-14-29)35-23-25-37(46-35)43(39)31-17-9-3-10-18-31/h1-28,45H/q-1. The SMILES string of the molecule is [S-]n1c2ccc1c(-c1ccccc1)c1nc(c(-c3ccccc3)c3ccc([nH]3)c(-c3ccccc3)c3nc(c2-c2ccccc2)C=C3)C=C1. The molecule has 0 spiro atoms. The normalized spacial score (nSPS) is 12.0. The quantitative estimate of drug-likeness (QED) is 0.194. The van der Waals surface area contributed by atoms with Crippen LogP contribution in [0.5, 0.6) is 0 Å². The van der Waals surface area contributed by atoms with Crippen molar-refractivity contribution in [1.82, 2.24) is 18.9 Å². The Kier molecular flexibility index (Phi) is 7.11. The molecule has 4 aromatic carbocycles. The monoisotopic (exact) mass is 645 g/mol. The van der Waals surface area contributed by atoms with Gasteiger partial charge in [0.25, 0.3) is 0 Å². The number of H-pyrrole nitrogens is 1. The molecule has 2 aliphatic heterocycles. The third-order valence-corrected chi connectivity index (χ3v) is 9.52. The minimum atomic E-state index is 0.857. The van der Waals surface area contributed by atoms with E-state index in [9.17, 15) is 0 Å². The molecule has 0 amide bonds. The smallest absolute Gasteiger partial charge is 0.0737 e. The number of aromatic nitrogens is 4. The van der Waals surface area contributed by atoms with Gasteiger partial charge >= 0.3 is 0 Å². The Balaban J connectivity index is 1.51. The van der Waals surface area contributed by atoms with Crippen LogP contribution in [0.3, 0.4) is 0 Å². The van der Waals surface area contributed by atoms with Crippen LogP contribution in [0.1, 0.15) is 22.8 Å². The number of aromatic amines is 1. The summed E-state index contributed by atoms with van der Waals surface area (Å²) in [4.78, 5) is 14.5. The van der Waals surface area contributed by atoms with Gasteiger partial charge in [-0.1, -0.05) is 121 Å². The van der Waals surface area contributed by atoms with Crippen molar-refractivity contribution in [3.63, 3.8) is 0 Å². The zero-order chi connectivity index (χ0) is 32.7. The number of rotatable bonds is 4. The van der Waals surface area contributed by atoms with E-state index in [-0.39, 0.29) is 0 Å². The fourth-order valence-corrected chi connectivity index (χ4v) is 7.22. The van der Waals surface area contributed by atoms with Crippen molar-refractivity contribution in [2.45, 2.75) is 0 Å². The summed E-state index contributed by atoms with van der Waals surface area (Å²) in [6.45, 7) is 0. The lowest BCUT2D eigenvalue weighted by Crippen LogP contribution is -1.94. The topological polar surface area (TPSA) is 46.5 Å². The summed E-state index contributed by atoms with van der Waals surface area (Å²) in [6.07, 6.45) is 8.45. The number of fused-ring (bicyclic) bond motifs is 8. The van der Waals surface area contributed by atoms with Gasteiger partial charge in [-0.15, -0.1) is 0 Å². The highest BCUT2D eigenvalue weighted by Gasteiger charge is 2.18. The Hall–Kier alpha value is -6.30. The van der Waals surface area contributed by atoms with Crippen molar-refractivity contribution in [1.29, 1.82) is 0 Å². The van der Waals surface area contributed by atoms with E-state index in [1.807, 2.05) is 28.2 Å². The maximum Gasteiger partial charge on any atom is 0.0737 e. The van der Waals surface area contributed by atoms with E-state index in [0.717, 1.165) is 89.4 Å². The van der Waals surface area contributed by atoms with E-state index in [1.54, 1.807) is 0 Å². The van der Waals surface area contributed by atoms with E-state index in [4.69, 9.17) is 22.8 Å². The first-order valence-corrected chi connectivity index (χ1v) is 16.7. The van der Waals surface area contributed by atoms with Gasteiger partial charge in [-0.3, -0.25) is 0 Å². The van der Waals surface area contributed by atoms with Gasteiger partial charge in [0.1, 0.15) is 0 Å². The van der Waals surface area contributed by atoms with Crippen LogP contribution >= 0.6 is 0 Å². The Labute approximate surface area is 290 Å². The summed E-state index contributed by atoms with van der Waals surface area (Å²) in [7, 11) is 0. The average molecular weight is 646 g/mol. The van der Waals surface area contributed by atoms with Gasteiger partial charge in [-0.05, 0) is 70.8 Å². The number of hydrogen-bond donors (Lipinski definition) is 1. The van der Waals surface area contributed by atoms with Gasteiger partial charge in [0.05, 0.1) is 22.8 Å². The molecule has 9 rings (SSSR count). The molecule has 49 heavy (non-hydrogen) atoms. The summed E-state index contributed by atoms with van der Waals surface area (Å²) in [6, 6.07) is 50.2. The van der Waals surface area contributed by atoms with Crippen LogP contribution in [0.4, 0.5) is 0 Å². The molecule has 0 fully saturated rings. The molecule has 0 aliphatic carbocycles. The van der Waals surface area contributed by atoms with E-state index in [0.29, 0.717) is 0 Å². The summed E-state index contributed by atoms with van der Waals surface area (Å²) < 4.78 is 1.87. The fourth-order valence-electron chi connectivity index (χ4n) is 6.92. The predicted molar refractivity (Wildman–Crippen MR) is 207 cm³/mol. The van der Waals surface area contributed by atoms with Gasteiger partial charge in [0.2, 0.25) is 0 Å². The molecule has 0 atom stereocenters. The molecule has 5 heterocycles. The Morgan fingerprint density at radius 1 is 0.367 bits per heavy atom. The van der Waals surface area contributed by atoms with E-state index >= 15 is 0 Å². The van der Waals surface area contributed by atoms with Crippen LogP contribution in [0.25, 0.3) is 90.9 Å². The van der Waals surface area contributed by atoms with Crippen LogP contribution < -0.4 is 0 Å². The van der Waals surface area contributed by atoms with Gasteiger partial charge in [-0.25, -0.2) is 9.97 Å². The van der Waals surface area contributed by atoms with Gasteiger partial charge < -0.3 is 21.8 Å². The summed E-state index contributed by atoms with van der Waals surface area (Å²) in [5.74, 6) is 0. The zero-order valence-corrected chi connectivity index (χ0v) is 27.2. The summed E-state index contributed by atoms with van der Waals surface area (Å²) >= 11 is 6.31. The lowest BCUT2D eigenvalue weighted by molar-refractivity contribution is 1.30. The lowest BCUT2D eigenvalue weighted by Gasteiger charge is -2.17. The Morgan fingerprint density at radius 2 is 0.673 bits per heavy atom. The van der Waals surface area contributed by atoms with E-state index < -0.39 is 0 Å². The van der Waals surface area contributed by atoms with Crippen LogP contribution in [-0.2, 0) is 12.8 Å². The van der Waals surface area contributed by atoms with Crippen molar-refractivity contribution >= 4 is 59.2 Å². The molecule has 3 aromatic heterocycles. The Morgan fingerprint density at radius 3 is 1.02 bits per heavy atom. The number of benzene rings is 4. The second-order valence-corrected chi connectivity index (χ2v) is 12.4. The highest BCUT2D eigenvalue weighted by atomic mass is 32.1. The highest BCUT2D eigenvalue weighted by molar-refractivity contribution is 7.57. The Bertz CT molecular complexity index is 2400. The lowest BCUT2D eigenvalue weighted by atomic mass is 10.0. The third kappa shape index (κ3) is 5.08. The average Bonchev–Trinajstić information content (AvgIpc) is 3.98. The molecule has 0 unspecified atom stereocenters. The zero-order valence-electron chi connectivity index (χ0n) is 26.4. The van der Waals surface area contributed by atoms with Crippen LogP contribution in [0.15, 0.2) is 146 Å². The molecule has 4 nitrogen and oxygen atoms in total. The van der Waals surface area contributed by atoms with Crippen molar-refractivity contribution < 1.29 is 0 Å². The van der Waals surface area contributed by atoms with E-state index in [1.165, 1.54) is 0 Å². The van der Waals surface area contributed by atoms with E-state index in [2.05, 4.69) is 151 Å². The largest absolute Gasteiger partial charge is 0.687 e. The maximum atomic E-state index is 6.31. The first-order chi connectivity index (χ1) is 24.2. The highest BCUT2D eigenvalue weighted by Crippen LogP contribution is 2.39.